The number of hydrogen-bond acceptors (Lipinski definition) is 7. The smallest absolute Gasteiger partial charge is 0.408 e. The highest BCUT2D eigenvalue weighted by molar-refractivity contribution is 5.86. The predicted octanol–water partition coefficient (Wildman–Crippen LogP) is 2.08. The van der Waals surface area contributed by atoms with Crippen LogP contribution >= 0.6 is 0 Å². The van der Waals surface area contributed by atoms with E-state index in [2.05, 4.69) is 23.8 Å². The van der Waals surface area contributed by atoms with E-state index in [1.807, 2.05) is 30.3 Å². The fourth-order valence-electron chi connectivity index (χ4n) is 4.02. The maximum absolute atomic E-state index is 12.7. The van der Waals surface area contributed by atoms with Crippen LogP contribution in [0.4, 0.5) is 4.79 Å². The van der Waals surface area contributed by atoms with Crippen molar-refractivity contribution in [1.82, 2.24) is 15.5 Å². The van der Waals surface area contributed by atoms with E-state index in [0.29, 0.717) is 13.0 Å². The summed E-state index contributed by atoms with van der Waals surface area (Å²) in [5.41, 5.74) is 0.807. The van der Waals surface area contributed by atoms with Crippen LogP contribution in [-0.4, -0.2) is 72.3 Å². The Morgan fingerprint density at radius 3 is 2.51 bits per heavy atom. The van der Waals surface area contributed by atoms with E-state index in [1.54, 1.807) is 11.0 Å². The molecule has 0 unspecified atom stereocenters. The number of esters is 1. The number of hydrogen-bond donors (Lipinski definition) is 3. The number of rotatable bonds is 15. The topological polar surface area (TPSA) is 134 Å². The first-order chi connectivity index (χ1) is 17.9. The van der Waals surface area contributed by atoms with Gasteiger partial charge in [0.1, 0.15) is 19.3 Å². The number of carbonyl (C=O) groups is 4. The molecule has 1 aliphatic rings. The molecule has 37 heavy (non-hydrogen) atoms. The van der Waals surface area contributed by atoms with Crippen molar-refractivity contribution in [1.29, 1.82) is 0 Å². The molecule has 10 heteroatoms. The van der Waals surface area contributed by atoms with Gasteiger partial charge in [-0.15, -0.1) is 13.2 Å². The molecule has 0 spiro atoms. The van der Waals surface area contributed by atoms with Gasteiger partial charge in [-0.25, -0.2) is 9.59 Å². The van der Waals surface area contributed by atoms with E-state index in [0.717, 1.165) is 18.4 Å². The van der Waals surface area contributed by atoms with Gasteiger partial charge in [-0.2, -0.15) is 0 Å². The van der Waals surface area contributed by atoms with Crippen molar-refractivity contribution >= 4 is 23.9 Å². The molecule has 1 aromatic rings. The van der Waals surface area contributed by atoms with Crippen molar-refractivity contribution in [3.05, 3.63) is 61.2 Å². The van der Waals surface area contributed by atoms with Crippen LogP contribution in [0.1, 0.15) is 37.7 Å². The van der Waals surface area contributed by atoms with Gasteiger partial charge >= 0.3 is 12.1 Å². The minimum Gasteiger partial charge on any atom is -0.462 e. The molecule has 3 atom stereocenters. The summed E-state index contributed by atoms with van der Waals surface area (Å²) in [7, 11) is 0. The van der Waals surface area contributed by atoms with Crippen molar-refractivity contribution < 1.29 is 33.8 Å². The minimum absolute atomic E-state index is 0.00453. The Bertz CT molecular complexity index is 922. The zero-order valence-electron chi connectivity index (χ0n) is 21.1. The number of allylic oxidation sites excluding steroid dienone is 1. The first kappa shape index (κ1) is 29.6. The van der Waals surface area contributed by atoms with E-state index < -0.39 is 24.0 Å². The van der Waals surface area contributed by atoms with Crippen LogP contribution in [0.5, 0.6) is 0 Å². The van der Waals surface area contributed by atoms with Crippen molar-refractivity contribution in [2.45, 2.75) is 50.8 Å². The summed E-state index contributed by atoms with van der Waals surface area (Å²) in [6, 6.07) is 7.93. The number of benzene rings is 1. The van der Waals surface area contributed by atoms with Crippen LogP contribution in [0.2, 0.25) is 0 Å². The largest absolute Gasteiger partial charge is 0.462 e. The van der Waals surface area contributed by atoms with Crippen LogP contribution in [0, 0.1) is 5.92 Å². The molecule has 2 rings (SSSR count). The second-order valence-corrected chi connectivity index (χ2v) is 8.73. The summed E-state index contributed by atoms with van der Waals surface area (Å²) >= 11 is 0. The standard InChI is InChI=1S/C27H37N3O7/c1-3-9-21(17-24(32)30-15-8-13-22(30)18-31)25(33)28-14-16-36-26(34)23(10-4-2)29-27(35)37-19-20-11-6-5-7-12-20/h3-7,11-12,21-23,31H,1-2,8-10,13-19H2,(H,28,33)(H,29,35)/t21-,22+,23-/m1/s1. The summed E-state index contributed by atoms with van der Waals surface area (Å²) in [5, 5.41) is 14.6. The molecule has 0 bridgehead atoms. The quantitative estimate of drug-likeness (QED) is 0.185. The lowest BCUT2D eigenvalue weighted by Crippen LogP contribution is -2.43. The first-order valence-electron chi connectivity index (χ1n) is 12.4. The fourth-order valence-corrected chi connectivity index (χ4v) is 4.02. The molecule has 1 heterocycles. The second-order valence-electron chi connectivity index (χ2n) is 8.73. The average Bonchev–Trinajstić information content (AvgIpc) is 3.39. The Morgan fingerprint density at radius 1 is 1.11 bits per heavy atom. The van der Waals surface area contributed by atoms with Gasteiger partial charge in [0.2, 0.25) is 11.8 Å². The third-order valence-electron chi connectivity index (χ3n) is 5.99. The van der Waals surface area contributed by atoms with Gasteiger partial charge in [0.05, 0.1) is 25.1 Å². The van der Waals surface area contributed by atoms with Crippen LogP contribution in [0.25, 0.3) is 0 Å². The Labute approximate surface area is 217 Å². The Balaban J connectivity index is 1.76. The molecule has 0 aromatic heterocycles. The fraction of sp³-hybridized carbons (Fsp3) is 0.481. The molecule has 1 aliphatic heterocycles. The first-order valence-corrected chi connectivity index (χ1v) is 12.4. The van der Waals surface area contributed by atoms with E-state index in [4.69, 9.17) is 9.47 Å². The van der Waals surface area contributed by atoms with Gasteiger partial charge in [-0.1, -0.05) is 42.5 Å². The molecule has 1 aromatic carbocycles. The number of nitrogens with zero attached hydrogens (tertiary/aromatic N) is 1. The highest BCUT2D eigenvalue weighted by atomic mass is 16.6. The van der Waals surface area contributed by atoms with Crippen LogP contribution < -0.4 is 10.6 Å². The van der Waals surface area contributed by atoms with Crippen molar-refractivity contribution in [3.63, 3.8) is 0 Å². The monoisotopic (exact) mass is 515 g/mol. The molecular formula is C27H37N3O7. The molecule has 0 aliphatic carbocycles. The Morgan fingerprint density at radius 2 is 1.84 bits per heavy atom. The number of amides is 3. The third-order valence-corrected chi connectivity index (χ3v) is 5.99. The van der Waals surface area contributed by atoms with Gasteiger partial charge in [-0.05, 0) is 31.2 Å². The van der Waals surface area contributed by atoms with E-state index in [-0.39, 0.29) is 57.1 Å². The lowest BCUT2D eigenvalue weighted by atomic mass is 9.99. The molecule has 10 nitrogen and oxygen atoms in total. The molecular weight excluding hydrogens is 478 g/mol. The SMILES string of the molecule is C=CC[C@H](CC(=O)N1CCC[C@H]1CO)C(=O)NCCOC(=O)[C@@H](CC=C)NC(=O)OCc1ccccc1. The zero-order valence-corrected chi connectivity index (χ0v) is 21.1. The molecule has 202 valence electrons. The van der Waals surface area contributed by atoms with Crippen LogP contribution in [-0.2, 0) is 30.5 Å². The molecule has 1 saturated heterocycles. The van der Waals surface area contributed by atoms with Gasteiger partial charge in [-0.3, -0.25) is 9.59 Å². The number of carbonyl (C=O) groups excluding carboxylic acids is 4. The van der Waals surface area contributed by atoms with Crippen molar-refractivity contribution in [2.75, 3.05) is 26.3 Å². The Hall–Kier alpha value is -3.66. The molecule has 3 N–H and O–H groups in total. The highest BCUT2D eigenvalue weighted by Gasteiger charge is 2.31. The third kappa shape index (κ3) is 10.1. The van der Waals surface area contributed by atoms with Gasteiger partial charge < -0.3 is 30.1 Å². The minimum atomic E-state index is -0.984. The lowest BCUT2D eigenvalue weighted by molar-refractivity contribution is -0.146. The van der Waals surface area contributed by atoms with Gasteiger partial charge in [0, 0.05) is 13.0 Å². The molecule has 0 radical (unpaired) electrons. The maximum atomic E-state index is 12.7. The zero-order chi connectivity index (χ0) is 27.0. The normalized spacial score (nSPS) is 16.2. The van der Waals surface area contributed by atoms with Crippen LogP contribution in [0.15, 0.2) is 55.6 Å². The number of alkyl carbamates (subject to hydrolysis) is 1. The summed E-state index contributed by atoms with van der Waals surface area (Å²) in [6.45, 7) is 7.71. The van der Waals surface area contributed by atoms with Crippen molar-refractivity contribution in [3.8, 4) is 0 Å². The van der Waals surface area contributed by atoms with E-state index in [1.165, 1.54) is 6.08 Å². The van der Waals surface area contributed by atoms with Gasteiger partial charge in [0.25, 0.3) is 0 Å². The summed E-state index contributed by atoms with van der Waals surface area (Å²) < 4.78 is 10.3. The maximum Gasteiger partial charge on any atom is 0.408 e. The predicted molar refractivity (Wildman–Crippen MR) is 137 cm³/mol. The second kappa shape index (κ2) is 16.2. The van der Waals surface area contributed by atoms with E-state index in [9.17, 15) is 24.3 Å². The Kier molecular flexibility index (Phi) is 12.9. The summed E-state index contributed by atoms with van der Waals surface area (Å²) in [6.07, 6.45) is 4.32. The number of aliphatic hydroxyl groups is 1. The van der Waals surface area contributed by atoms with Crippen molar-refractivity contribution in [2.24, 2.45) is 5.92 Å². The lowest BCUT2D eigenvalue weighted by Gasteiger charge is -2.25. The average molecular weight is 516 g/mol. The highest BCUT2D eigenvalue weighted by Crippen LogP contribution is 2.20. The number of ether oxygens (including phenoxy) is 2. The molecule has 0 saturated carbocycles. The molecule has 1 fully saturated rings. The number of aliphatic hydroxyl groups excluding tert-OH is 1. The number of likely N-dealkylation sites (tertiary alicyclic amines) is 1. The molecule has 3 amide bonds. The van der Waals surface area contributed by atoms with Crippen LogP contribution in [0.3, 0.4) is 0 Å². The summed E-state index contributed by atoms with van der Waals surface area (Å²) in [5.74, 6) is -1.83. The van der Waals surface area contributed by atoms with E-state index >= 15 is 0 Å². The van der Waals surface area contributed by atoms with Gasteiger partial charge in [0.15, 0.2) is 0 Å². The summed E-state index contributed by atoms with van der Waals surface area (Å²) in [4.78, 5) is 51.5. The number of nitrogens with one attached hydrogen (secondary N) is 2.